The van der Waals surface area contributed by atoms with Crippen molar-refractivity contribution in [2.75, 3.05) is 7.11 Å². The largest absolute Gasteiger partial charge is 0.467 e. The summed E-state index contributed by atoms with van der Waals surface area (Å²) < 4.78 is 5.61. The highest BCUT2D eigenvalue weighted by Crippen LogP contribution is 2.23. The van der Waals surface area contributed by atoms with E-state index in [1.165, 1.54) is 18.4 Å². The van der Waals surface area contributed by atoms with Crippen LogP contribution in [0, 0.1) is 0 Å². The molecule has 0 bridgehead atoms. The molecule has 2 rings (SSSR count). The number of benzene rings is 1. The predicted molar refractivity (Wildman–Crippen MR) is 80.7 cm³/mol. The zero-order chi connectivity index (χ0) is 14.5. The van der Waals surface area contributed by atoms with Gasteiger partial charge in [0.15, 0.2) is 6.04 Å². The summed E-state index contributed by atoms with van der Waals surface area (Å²) in [5.41, 5.74) is 0.684. The molecular formula is C14H12BrNO3S. The van der Waals surface area contributed by atoms with Crippen LogP contribution in [0.5, 0.6) is 0 Å². The molecule has 6 heteroatoms. The molecule has 2 aromatic rings. The minimum atomic E-state index is -0.811. The van der Waals surface area contributed by atoms with E-state index in [9.17, 15) is 9.59 Å². The van der Waals surface area contributed by atoms with Gasteiger partial charge in [-0.15, -0.1) is 11.3 Å². The van der Waals surface area contributed by atoms with Crippen molar-refractivity contribution < 1.29 is 14.3 Å². The van der Waals surface area contributed by atoms with Crippen LogP contribution in [0.2, 0.25) is 0 Å². The fourth-order valence-corrected chi connectivity index (χ4v) is 2.97. The van der Waals surface area contributed by atoms with Gasteiger partial charge in [-0.25, -0.2) is 4.79 Å². The maximum absolute atomic E-state index is 12.1. The Balaban J connectivity index is 2.21. The Kier molecular flexibility index (Phi) is 4.92. The van der Waals surface area contributed by atoms with Gasteiger partial charge in [-0.3, -0.25) is 4.79 Å². The van der Waals surface area contributed by atoms with Crippen molar-refractivity contribution in [3.05, 3.63) is 56.7 Å². The molecule has 1 N–H and O–H groups in total. The van der Waals surface area contributed by atoms with E-state index in [0.717, 1.165) is 3.79 Å². The van der Waals surface area contributed by atoms with Crippen molar-refractivity contribution in [2.45, 2.75) is 6.04 Å². The summed E-state index contributed by atoms with van der Waals surface area (Å²) in [4.78, 5) is 24.5. The van der Waals surface area contributed by atoms with Crippen molar-refractivity contribution in [1.29, 1.82) is 0 Å². The molecular weight excluding hydrogens is 342 g/mol. The highest BCUT2D eigenvalue weighted by molar-refractivity contribution is 9.11. The van der Waals surface area contributed by atoms with Crippen molar-refractivity contribution >= 4 is 39.1 Å². The van der Waals surface area contributed by atoms with Crippen LogP contribution < -0.4 is 5.32 Å². The van der Waals surface area contributed by atoms with Crippen molar-refractivity contribution in [1.82, 2.24) is 5.32 Å². The number of hydrogen-bond acceptors (Lipinski definition) is 4. The van der Waals surface area contributed by atoms with Crippen molar-refractivity contribution in [3.8, 4) is 0 Å². The number of nitrogens with one attached hydrogen (secondary N) is 1. The van der Waals surface area contributed by atoms with E-state index in [1.54, 1.807) is 36.4 Å². The number of methoxy groups -OCH3 is 1. The van der Waals surface area contributed by atoms with Gasteiger partial charge in [-0.2, -0.15) is 0 Å². The van der Waals surface area contributed by atoms with Crippen LogP contribution in [-0.4, -0.2) is 19.0 Å². The van der Waals surface area contributed by atoms with Crippen LogP contribution in [0.3, 0.4) is 0 Å². The number of rotatable bonds is 4. The van der Waals surface area contributed by atoms with Gasteiger partial charge in [-0.05, 0) is 33.6 Å². The van der Waals surface area contributed by atoms with E-state index in [4.69, 9.17) is 4.74 Å². The van der Waals surface area contributed by atoms with E-state index in [-0.39, 0.29) is 5.91 Å². The zero-order valence-corrected chi connectivity index (χ0v) is 13.0. The quantitative estimate of drug-likeness (QED) is 0.859. The molecule has 1 unspecified atom stereocenters. The molecule has 0 fully saturated rings. The Morgan fingerprint density at radius 3 is 2.45 bits per heavy atom. The number of carbonyl (C=O) groups excluding carboxylic acids is 2. The maximum atomic E-state index is 12.1. The van der Waals surface area contributed by atoms with E-state index in [1.807, 2.05) is 6.07 Å². The summed E-state index contributed by atoms with van der Waals surface area (Å²) in [6.07, 6.45) is 0. The maximum Gasteiger partial charge on any atom is 0.333 e. The van der Waals surface area contributed by atoms with Gasteiger partial charge in [0.25, 0.3) is 5.91 Å². The Hall–Kier alpha value is -1.66. The SMILES string of the molecule is COC(=O)C(NC(=O)c1ccc(Br)s1)c1ccccc1. The average molecular weight is 354 g/mol. The summed E-state index contributed by atoms with van der Waals surface area (Å²) in [7, 11) is 1.30. The van der Waals surface area contributed by atoms with Gasteiger partial charge >= 0.3 is 5.97 Å². The Morgan fingerprint density at radius 2 is 1.90 bits per heavy atom. The lowest BCUT2D eigenvalue weighted by Gasteiger charge is -2.16. The molecule has 0 radical (unpaired) electrons. The van der Waals surface area contributed by atoms with Gasteiger partial charge in [0, 0.05) is 0 Å². The number of hydrogen-bond donors (Lipinski definition) is 1. The van der Waals surface area contributed by atoms with E-state index >= 15 is 0 Å². The number of thiophene rings is 1. The van der Waals surface area contributed by atoms with Crippen LogP contribution in [0.15, 0.2) is 46.3 Å². The van der Waals surface area contributed by atoms with Gasteiger partial charge in [-0.1, -0.05) is 30.3 Å². The van der Waals surface area contributed by atoms with Crippen LogP contribution in [0.4, 0.5) is 0 Å². The van der Waals surface area contributed by atoms with E-state index in [2.05, 4.69) is 21.2 Å². The summed E-state index contributed by atoms with van der Waals surface area (Å²) in [6.45, 7) is 0. The van der Waals surface area contributed by atoms with Crippen LogP contribution in [0.1, 0.15) is 21.3 Å². The summed E-state index contributed by atoms with van der Waals surface area (Å²) in [6, 6.07) is 11.7. The average Bonchev–Trinajstić information content (AvgIpc) is 2.91. The first-order valence-electron chi connectivity index (χ1n) is 5.81. The van der Waals surface area contributed by atoms with Gasteiger partial charge in [0.05, 0.1) is 15.8 Å². The number of carbonyl (C=O) groups is 2. The second-order valence-corrected chi connectivity index (χ2v) is 6.41. The molecule has 1 amide bonds. The number of ether oxygens (including phenoxy) is 1. The minimum absolute atomic E-state index is 0.306. The fraction of sp³-hybridized carbons (Fsp3) is 0.143. The summed E-state index contributed by atoms with van der Waals surface area (Å²) in [5, 5.41) is 2.69. The molecule has 0 spiro atoms. The topological polar surface area (TPSA) is 55.4 Å². The standard InChI is InChI=1S/C14H12BrNO3S/c1-19-14(18)12(9-5-3-2-4-6-9)16-13(17)10-7-8-11(15)20-10/h2-8,12H,1H3,(H,16,17). The highest BCUT2D eigenvalue weighted by Gasteiger charge is 2.24. The van der Waals surface area contributed by atoms with Gasteiger partial charge < -0.3 is 10.1 Å². The lowest BCUT2D eigenvalue weighted by Crippen LogP contribution is -2.34. The second-order valence-electron chi connectivity index (χ2n) is 3.94. The normalized spacial score (nSPS) is 11.7. The van der Waals surface area contributed by atoms with E-state index < -0.39 is 12.0 Å². The van der Waals surface area contributed by atoms with Crippen LogP contribution in [0.25, 0.3) is 0 Å². The molecule has 20 heavy (non-hydrogen) atoms. The number of halogens is 1. The molecule has 1 atom stereocenters. The first-order valence-corrected chi connectivity index (χ1v) is 7.41. The molecule has 4 nitrogen and oxygen atoms in total. The smallest absolute Gasteiger partial charge is 0.333 e. The highest BCUT2D eigenvalue weighted by atomic mass is 79.9. The molecule has 0 aliphatic heterocycles. The summed E-state index contributed by atoms with van der Waals surface area (Å²) in [5.74, 6) is -0.805. The molecule has 0 saturated carbocycles. The third-order valence-corrected chi connectivity index (χ3v) is 4.26. The first kappa shape index (κ1) is 14.7. The van der Waals surface area contributed by atoms with Gasteiger partial charge in [0.1, 0.15) is 0 Å². The lowest BCUT2D eigenvalue weighted by atomic mass is 10.1. The molecule has 0 aliphatic carbocycles. The first-order chi connectivity index (χ1) is 9.61. The molecule has 104 valence electrons. The van der Waals surface area contributed by atoms with Crippen molar-refractivity contribution in [3.63, 3.8) is 0 Å². The number of esters is 1. The lowest BCUT2D eigenvalue weighted by molar-refractivity contribution is -0.143. The number of amides is 1. The Morgan fingerprint density at radius 1 is 1.20 bits per heavy atom. The predicted octanol–water partition coefficient (Wildman–Crippen LogP) is 3.15. The van der Waals surface area contributed by atoms with Crippen LogP contribution in [-0.2, 0) is 9.53 Å². The molecule has 1 heterocycles. The van der Waals surface area contributed by atoms with Gasteiger partial charge in [0.2, 0.25) is 0 Å². The molecule has 1 aromatic carbocycles. The van der Waals surface area contributed by atoms with Crippen molar-refractivity contribution in [2.24, 2.45) is 0 Å². The monoisotopic (exact) mass is 353 g/mol. The third kappa shape index (κ3) is 3.46. The Labute approximate surface area is 128 Å². The summed E-state index contributed by atoms with van der Waals surface area (Å²) >= 11 is 4.61. The molecule has 1 aromatic heterocycles. The molecule has 0 aliphatic rings. The fourth-order valence-electron chi connectivity index (χ4n) is 1.68. The minimum Gasteiger partial charge on any atom is -0.467 e. The molecule has 0 saturated heterocycles. The zero-order valence-electron chi connectivity index (χ0n) is 10.6. The van der Waals surface area contributed by atoms with E-state index in [0.29, 0.717) is 10.4 Å². The van der Waals surface area contributed by atoms with Crippen LogP contribution >= 0.6 is 27.3 Å². The third-order valence-electron chi connectivity index (χ3n) is 2.64. The second kappa shape index (κ2) is 6.67. The Bertz CT molecular complexity index is 612.